The molecular formula is C44H40BP. The van der Waals surface area contributed by atoms with Crippen molar-refractivity contribution in [2.75, 3.05) is 6.16 Å². The average molecular weight is 611 g/mol. The van der Waals surface area contributed by atoms with E-state index in [1.54, 1.807) is 0 Å². The second-order valence-corrected chi connectivity index (χ2v) is 12.3. The zero-order valence-electron chi connectivity index (χ0n) is 26.2. The Labute approximate surface area is 276 Å². The Morgan fingerprint density at radius 2 is 0.500 bits per heavy atom. The summed E-state index contributed by atoms with van der Waals surface area (Å²) in [5.74, 6) is 0. The van der Waals surface area contributed by atoms with Gasteiger partial charge in [0.25, 0.3) is 0 Å². The van der Waals surface area contributed by atoms with E-state index in [9.17, 15) is 0 Å². The number of benzene rings is 7. The largest absolute Gasteiger partial charge is 0.195 e. The van der Waals surface area contributed by atoms with E-state index in [4.69, 9.17) is 0 Å². The molecule has 0 saturated carbocycles. The van der Waals surface area contributed by atoms with Crippen LogP contribution in [-0.2, 0) is 5.41 Å². The first-order valence-corrected chi connectivity index (χ1v) is 17.1. The lowest BCUT2D eigenvalue weighted by molar-refractivity contribution is 0.705. The van der Waals surface area contributed by atoms with Gasteiger partial charge in [0, 0.05) is 0 Å². The van der Waals surface area contributed by atoms with Gasteiger partial charge in [0.2, 0.25) is 0 Å². The molecule has 1 unspecified atom stereocenters. The minimum Gasteiger partial charge on any atom is -0.195 e. The predicted molar refractivity (Wildman–Crippen MR) is 205 cm³/mol. The zero-order chi connectivity index (χ0) is 31.5. The summed E-state index contributed by atoms with van der Waals surface area (Å²) >= 11 is 0. The van der Waals surface area contributed by atoms with Crippen LogP contribution < -0.4 is 21.9 Å². The quantitative estimate of drug-likeness (QED) is 0.0941. The molecule has 0 aliphatic carbocycles. The fourth-order valence-corrected chi connectivity index (χ4v) is 8.09. The van der Waals surface area contributed by atoms with Crippen LogP contribution in [0.4, 0.5) is 0 Å². The van der Waals surface area contributed by atoms with Gasteiger partial charge in [0.05, 0.1) is 11.6 Å². The molecular weight excluding hydrogens is 570 g/mol. The summed E-state index contributed by atoms with van der Waals surface area (Å²) in [4.78, 5) is 0. The van der Waals surface area contributed by atoms with E-state index in [0.29, 0.717) is 0 Å². The van der Waals surface area contributed by atoms with E-state index >= 15 is 0 Å². The van der Waals surface area contributed by atoms with Gasteiger partial charge in [-0.2, -0.15) is 21.9 Å². The zero-order valence-corrected chi connectivity index (χ0v) is 27.6. The Bertz CT molecular complexity index is 1620. The molecule has 1 atom stereocenters. The summed E-state index contributed by atoms with van der Waals surface area (Å²) in [5, 5.41) is 0. The van der Waals surface area contributed by atoms with Crippen LogP contribution in [0.1, 0.15) is 16.7 Å². The second kappa shape index (κ2) is 14.9. The van der Waals surface area contributed by atoms with Gasteiger partial charge in [0.1, 0.15) is 6.15 Å². The molecule has 0 heterocycles. The van der Waals surface area contributed by atoms with Crippen LogP contribution in [0, 0.1) is 0 Å². The number of hydrogen-bond donors (Lipinski definition) is 0. The Hall–Kier alpha value is -4.97. The van der Waals surface area contributed by atoms with E-state index in [-0.39, 0.29) is 5.41 Å². The summed E-state index contributed by atoms with van der Waals surface area (Å²) in [6.45, 7) is 0. The highest BCUT2D eigenvalue weighted by Crippen LogP contribution is 2.40. The van der Waals surface area contributed by atoms with E-state index in [1.165, 1.54) is 38.5 Å². The Morgan fingerprint density at radius 1 is 0.304 bits per heavy atom. The topological polar surface area (TPSA) is 0 Å². The first-order valence-electron chi connectivity index (χ1n) is 16.1. The van der Waals surface area contributed by atoms with Crippen molar-refractivity contribution < 1.29 is 0 Å². The van der Waals surface area contributed by atoms with Crippen molar-refractivity contribution in [3.63, 3.8) is 0 Å². The van der Waals surface area contributed by atoms with Gasteiger partial charge in [0.15, 0.2) is 0 Å². The SMILES string of the molecule is [PH3+]CC(c1ccccc1)(c1ccccc1)c1ccccc1.c1ccc([B-](c2ccccc2)(c2ccccc2)c2ccccc2)cc1. The van der Waals surface area contributed by atoms with Crippen LogP contribution in [0.25, 0.3) is 0 Å². The fraction of sp³-hybridized carbons (Fsp3) is 0.0455. The molecule has 0 N–H and O–H groups in total. The standard InChI is InChI=1S/C24H20B.C20H19P/c1-5-13-21(14-6-1)25(22-15-7-2-8-16-22,23-17-9-3-10-18-23)24-19-11-4-12-20-24;21-16-20(17-10-4-1-5-11-17,18-12-6-2-7-13-18)19-14-8-3-9-15-19/h1-20H;1-15H,16,21H2/q-1;/p+1. The average Bonchev–Trinajstić information content (AvgIpc) is 3.16. The minimum absolute atomic E-state index is 0.0672. The Balaban J connectivity index is 0.000000164. The van der Waals surface area contributed by atoms with Gasteiger partial charge in [-0.05, 0) is 25.9 Å². The Morgan fingerprint density at radius 3 is 0.696 bits per heavy atom. The molecule has 0 aliphatic heterocycles. The molecule has 0 aromatic heterocycles. The third kappa shape index (κ3) is 6.12. The van der Waals surface area contributed by atoms with Gasteiger partial charge in [-0.1, -0.05) is 212 Å². The molecule has 7 aromatic carbocycles. The third-order valence-corrected chi connectivity index (χ3v) is 10.1. The fourth-order valence-electron chi connectivity index (χ4n) is 7.22. The maximum atomic E-state index is 2.26. The molecule has 0 spiro atoms. The third-order valence-electron chi connectivity index (χ3n) is 9.37. The lowest BCUT2D eigenvalue weighted by atomic mass is 9.13. The maximum absolute atomic E-state index is 2.26. The van der Waals surface area contributed by atoms with Crippen molar-refractivity contribution in [2.24, 2.45) is 0 Å². The van der Waals surface area contributed by atoms with Crippen LogP contribution in [0.15, 0.2) is 212 Å². The van der Waals surface area contributed by atoms with Crippen LogP contribution in [0.2, 0.25) is 0 Å². The maximum Gasteiger partial charge on any atom is 0.108 e. The van der Waals surface area contributed by atoms with E-state index in [1.807, 2.05) is 9.24 Å². The van der Waals surface area contributed by atoms with Crippen molar-refractivity contribution in [3.8, 4) is 0 Å². The molecule has 46 heavy (non-hydrogen) atoms. The number of rotatable bonds is 8. The van der Waals surface area contributed by atoms with Crippen molar-refractivity contribution in [1.82, 2.24) is 0 Å². The highest BCUT2D eigenvalue weighted by atomic mass is 31.0. The van der Waals surface area contributed by atoms with Gasteiger partial charge >= 0.3 is 0 Å². The molecule has 0 nitrogen and oxygen atoms in total. The van der Waals surface area contributed by atoms with Crippen LogP contribution in [0.3, 0.4) is 0 Å². The summed E-state index contributed by atoms with van der Waals surface area (Å²) in [6, 6.07) is 76.0. The van der Waals surface area contributed by atoms with Gasteiger partial charge in [-0.3, -0.25) is 0 Å². The Kier molecular flexibility index (Phi) is 10.0. The highest BCUT2D eigenvalue weighted by Gasteiger charge is 2.36. The molecule has 0 amide bonds. The summed E-state index contributed by atoms with van der Waals surface area (Å²) in [7, 11) is 2.05. The van der Waals surface area contributed by atoms with Crippen LogP contribution in [0.5, 0.6) is 0 Å². The molecule has 2 heteroatoms. The van der Waals surface area contributed by atoms with Gasteiger partial charge < -0.3 is 0 Å². The lowest BCUT2D eigenvalue weighted by Crippen LogP contribution is -2.74. The van der Waals surface area contributed by atoms with Crippen molar-refractivity contribution in [1.29, 1.82) is 0 Å². The second-order valence-electron chi connectivity index (χ2n) is 11.8. The number of hydrogen-bond acceptors (Lipinski definition) is 0. The van der Waals surface area contributed by atoms with E-state index in [0.717, 1.165) is 6.16 Å². The van der Waals surface area contributed by atoms with Gasteiger partial charge in [-0.25, -0.2) is 0 Å². The molecule has 0 saturated heterocycles. The van der Waals surface area contributed by atoms with Crippen LogP contribution in [-0.4, -0.2) is 12.3 Å². The van der Waals surface area contributed by atoms with Crippen LogP contribution >= 0.6 is 9.24 Å². The summed E-state index contributed by atoms with van der Waals surface area (Å²) < 4.78 is 0. The van der Waals surface area contributed by atoms with E-state index < -0.39 is 6.15 Å². The predicted octanol–water partition coefficient (Wildman–Crippen LogP) is 7.69. The van der Waals surface area contributed by atoms with Crippen molar-refractivity contribution in [2.45, 2.75) is 5.41 Å². The normalized spacial score (nSPS) is 11.3. The molecule has 224 valence electrons. The first-order chi connectivity index (χ1) is 22.8. The first kappa shape index (κ1) is 31.0. The lowest BCUT2D eigenvalue weighted by Gasteiger charge is -2.44. The highest BCUT2D eigenvalue weighted by molar-refractivity contribution is 7.19. The summed E-state index contributed by atoms with van der Waals surface area (Å²) in [5.41, 5.74) is 9.36. The summed E-state index contributed by atoms with van der Waals surface area (Å²) in [6.07, 6.45) is -0.155. The molecule has 0 radical (unpaired) electrons. The molecule has 0 bridgehead atoms. The molecule has 7 rings (SSSR count). The molecule has 0 fully saturated rings. The van der Waals surface area contributed by atoms with E-state index in [2.05, 4.69) is 212 Å². The smallest absolute Gasteiger partial charge is 0.108 e. The van der Waals surface area contributed by atoms with Crippen molar-refractivity contribution in [3.05, 3.63) is 229 Å². The van der Waals surface area contributed by atoms with Crippen molar-refractivity contribution >= 4 is 37.2 Å². The molecule has 0 aliphatic rings. The monoisotopic (exact) mass is 610 g/mol. The minimum atomic E-state index is -1.22. The van der Waals surface area contributed by atoms with Gasteiger partial charge in [-0.15, -0.1) is 0 Å². The molecule has 7 aromatic rings.